The minimum absolute atomic E-state index is 0.00628. The molecule has 220 valence electrons. The van der Waals surface area contributed by atoms with Crippen LogP contribution in [0.5, 0.6) is 11.5 Å². The van der Waals surface area contributed by atoms with Crippen LogP contribution in [0.1, 0.15) is 50.4 Å². The Morgan fingerprint density at radius 1 is 1.22 bits per heavy atom. The van der Waals surface area contributed by atoms with Crippen LogP contribution in [0.2, 0.25) is 5.02 Å². The Hall–Kier alpha value is -3.31. The first kappa shape index (κ1) is 27.8. The molecule has 1 atom stereocenters. The molecular weight excluding hydrogens is 555 g/mol. The van der Waals surface area contributed by atoms with Crippen molar-refractivity contribution in [1.82, 2.24) is 14.8 Å². The van der Waals surface area contributed by atoms with Crippen molar-refractivity contribution < 1.29 is 33.3 Å². The number of ether oxygens (including phenoxy) is 3. The number of carbonyl (C=O) groups is 2. The number of nitrogens with zero attached hydrogens (tertiary/aromatic N) is 4. The summed E-state index contributed by atoms with van der Waals surface area (Å²) in [7, 11) is 0. The van der Waals surface area contributed by atoms with Crippen LogP contribution in [0, 0.1) is 5.82 Å². The number of pyridine rings is 1. The van der Waals surface area contributed by atoms with E-state index in [1.807, 2.05) is 4.90 Å². The minimum Gasteiger partial charge on any atom is -0.507 e. The first-order chi connectivity index (χ1) is 19.5. The van der Waals surface area contributed by atoms with Gasteiger partial charge in [-0.25, -0.2) is 14.2 Å². The summed E-state index contributed by atoms with van der Waals surface area (Å²) in [5.74, 6) is -0.945. The number of hydrogen-bond acceptors (Lipinski definition) is 8. The highest BCUT2D eigenvalue weighted by molar-refractivity contribution is 6.35. The first-order valence-electron chi connectivity index (χ1n) is 14.0. The van der Waals surface area contributed by atoms with Crippen molar-refractivity contribution in [2.24, 2.45) is 0 Å². The molecule has 2 saturated heterocycles. The number of amides is 2. The molecule has 12 heteroatoms. The van der Waals surface area contributed by atoms with Crippen molar-refractivity contribution in [3.8, 4) is 22.8 Å². The molecule has 1 saturated carbocycles. The van der Waals surface area contributed by atoms with E-state index in [1.165, 1.54) is 18.2 Å². The van der Waals surface area contributed by atoms with E-state index >= 15 is 4.39 Å². The number of benzene rings is 1. The molecule has 2 amide bonds. The van der Waals surface area contributed by atoms with Crippen molar-refractivity contribution in [2.45, 2.75) is 57.3 Å². The summed E-state index contributed by atoms with van der Waals surface area (Å²) < 4.78 is 33.0. The predicted molar refractivity (Wildman–Crippen MR) is 149 cm³/mol. The molecule has 0 radical (unpaired) electrons. The Morgan fingerprint density at radius 3 is 2.68 bits per heavy atom. The van der Waals surface area contributed by atoms with E-state index in [9.17, 15) is 14.7 Å². The van der Waals surface area contributed by atoms with Gasteiger partial charge in [0.05, 0.1) is 23.8 Å². The van der Waals surface area contributed by atoms with Crippen LogP contribution in [0.4, 0.5) is 15.0 Å². The van der Waals surface area contributed by atoms with Crippen molar-refractivity contribution in [3.05, 3.63) is 34.6 Å². The number of halogens is 2. The summed E-state index contributed by atoms with van der Waals surface area (Å²) in [6, 6.07) is 3.50. The summed E-state index contributed by atoms with van der Waals surface area (Å²) in [5.41, 5.74) is -0.947. The molecule has 3 fully saturated rings. The maximum absolute atomic E-state index is 15.1. The fourth-order valence-corrected chi connectivity index (χ4v) is 6.27. The van der Waals surface area contributed by atoms with Gasteiger partial charge in [-0.15, -0.1) is 0 Å². The lowest BCUT2D eigenvalue weighted by molar-refractivity contribution is -0.106. The fraction of sp³-hybridized carbons (Fsp3) is 0.552. The SMILES string of the molecule is CC(C)(C)OC(=O)N1CCN2C(=O)c3c(N4CCOC5(CCC5)C4)nc(-c4c(O)cccc4F)c(Cl)c3OCC2C1. The molecule has 1 unspecified atom stereocenters. The zero-order valence-electron chi connectivity index (χ0n) is 23.4. The van der Waals surface area contributed by atoms with Gasteiger partial charge in [-0.3, -0.25) is 4.79 Å². The van der Waals surface area contributed by atoms with Crippen molar-refractivity contribution >= 4 is 29.4 Å². The number of rotatable bonds is 2. The lowest BCUT2D eigenvalue weighted by Crippen LogP contribution is -2.58. The highest BCUT2D eigenvalue weighted by atomic mass is 35.5. The van der Waals surface area contributed by atoms with Gasteiger partial charge < -0.3 is 34.0 Å². The van der Waals surface area contributed by atoms with Crippen LogP contribution >= 0.6 is 11.6 Å². The zero-order chi connectivity index (χ0) is 29.1. The van der Waals surface area contributed by atoms with Gasteiger partial charge in [0.15, 0.2) is 5.75 Å². The molecule has 6 rings (SSSR count). The number of morpholine rings is 1. The van der Waals surface area contributed by atoms with Crippen molar-refractivity contribution in [3.63, 3.8) is 0 Å². The fourth-order valence-electron chi connectivity index (χ4n) is 5.98. The summed E-state index contributed by atoms with van der Waals surface area (Å²) in [4.78, 5) is 37.1. The normalized spacial score (nSPS) is 21.9. The molecule has 41 heavy (non-hydrogen) atoms. The van der Waals surface area contributed by atoms with Crippen molar-refractivity contribution in [1.29, 1.82) is 0 Å². The molecule has 1 aromatic heterocycles. The van der Waals surface area contributed by atoms with E-state index in [0.29, 0.717) is 32.1 Å². The summed E-state index contributed by atoms with van der Waals surface area (Å²) in [6.45, 7) is 7.68. The topological polar surface area (TPSA) is 105 Å². The number of carbonyl (C=O) groups excluding carboxylic acids is 2. The third kappa shape index (κ3) is 5.03. The van der Waals surface area contributed by atoms with E-state index < -0.39 is 23.6 Å². The zero-order valence-corrected chi connectivity index (χ0v) is 24.2. The number of phenolic OH excluding ortho intramolecular Hbond substituents is 1. The number of aromatic hydroxyl groups is 1. The van der Waals surface area contributed by atoms with Crippen LogP contribution in [0.3, 0.4) is 0 Å². The van der Waals surface area contributed by atoms with Crippen LogP contribution in [-0.4, -0.2) is 95.1 Å². The van der Waals surface area contributed by atoms with E-state index in [0.717, 1.165) is 19.3 Å². The molecule has 10 nitrogen and oxygen atoms in total. The van der Waals surface area contributed by atoms with Gasteiger partial charge in [0.25, 0.3) is 5.91 Å². The van der Waals surface area contributed by atoms with E-state index in [1.54, 1.807) is 30.6 Å². The molecule has 4 aliphatic rings. The number of anilines is 1. The van der Waals surface area contributed by atoms with Crippen LogP contribution < -0.4 is 9.64 Å². The summed E-state index contributed by atoms with van der Waals surface area (Å²) in [5, 5.41) is 10.5. The number of piperazine rings is 1. The van der Waals surface area contributed by atoms with Gasteiger partial charge in [-0.2, -0.15) is 0 Å². The number of fused-ring (bicyclic) bond motifs is 2. The van der Waals surface area contributed by atoms with Gasteiger partial charge in [0.2, 0.25) is 0 Å². The molecular formula is C29H34ClFN4O6. The second-order valence-electron chi connectivity index (χ2n) is 12.1. The van der Waals surface area contributed by atoms with Crippen LogP contribution in [0.15, 0.2) is 18.2 Å². The van der Waals surface area contributed by atoms with Gasteiger partial charge in [0.1, 0.15) is 45.9 Å². The molecule has 1 aromatic carbocycles. The molecule has 1 N–H and O–H groups in total. The number of aromatic nitrogens is 1. The van der Waals surface area contributed by atoms with E-state index in [4.69, 9.17) is 30.8 Å². The number of phenols is 1. The Morgan fingerprint density at radius 2 is 2.00 bits per heavy atom. The Balaban J connectivity index is 1.42. The second-order valence-corrected chi connectivity index (χ2v) is 12.5. The highest BCUT2D eigenvalue weighted by Crippen LogP contribution is 2.47. The standard InChI is InChI=1S/C29H34ClFN4O6/c1-28(2,3)41-27(38)33-10-11-35-17(14-33)15-39-24-21(26(35)37)25(34-12-13-40-29(16-34)8-5-9-29)32-23(22(24)30)20-18(31)6-4-7-19(20)36/h4,6-7,17,36H,5,8-16H2,1-3H3. The lowest BCUT2D eigenvalue weighted by Gasteiger charge is -2.49. The number of hydrogen-bond donors (Lipinski definition) is 1. The Kier molecular flexibility index (Phi) is 6.93. The van der Waals surface area contributed by atoms with Crippen LogP contribution in [0.25, 0.3) is 11.3 Å². The quantitative estimate of drug-likeness (QED) is 0.548. The van der Waals surface area contributed by atoms with Gasteiger partial charge >= 0.3 is 6.09 Å². The monoisotopic (exact) mass is 588 g/mol. The van der Waals surface area contributed by atoms with Gasteiger partial charge in [-0.1, -0.05) is 17.7 Å². The minimum atomic E-state index is -0.701. The maximum atomic E-state index is 15.1. The molecule has 1 aliphatic carbocycles. The molecule has 2 aromatic rings. The average molecular weight is 589 g/mol. The third-order valence-electron chi connectivity index (χ3n) is 8.15. The largest absolute Gasteiger partial charge is 0.507 e. The average Bonchev–Trinajstić information content (AvgIpc) is 3.04. The van der Waals surface area contributed by atoms with Crippen molar-refractivity contribution in [2.75, 3.05) is 50.8 Å². The van der Waals surface area contributed by atoms with Gasteiger partial charge in [-0.05, 0) is 52.2 Å². The first-order valence-corrected chi connectivity index (χ1v) is 14.4. The van der Waals surface area contributed by atoms with E-state index in [2.05, 4.69) is 0 Å². The lowest BCUT2D eigenvalue weighted by atomic mass is 9.79. The molecule has 3 aliphatic heterocycles. The van der Waals surface area contributed by atoms with E-state index in [-0.39, 0.29) is 64.5 Å². The summed E-state index contributed by atoms with van der Waals surface area (Å²) >= 11 is 6.83. The molecule has 4 heterocycles. The molecule has 0 bridgehead atoms. The van der Waals surface area contributed by atoms with Crippen LogP contribution in [-0.2, 0) is 9.47 Å². The third-order valence-corrected chi connectivity index (χ3v) is 8.50. The molecule has 1 spiro atoms. The smallest absolute Gasteiger partial charge is 0.410 e. The summed E-state index contributed by atoms with van der Waals surface area (Å²) in [6.07, 6.45) is 2.40. The predicted octanol–water partition coefficient (Wildman–Crippen LogP) is 4.46. The highest BCUT2D eigenvalue weighted by Gasteiger charge is 2.46. The maximum Gasteiger partial charge on any atom is 0.410 e. The Labute approximate surface area is 242 Å². The Bertz CT molecular complexity index is 1370. The second kappa shape index (κ2) is 10.2. The van der Waals surface area contributed by atoms with Gasteiger partial charge in [0, 0.05) is 32.7 Å².